The van der Waals surface area contributed by atoms with Gasteiger partial charge in [-0.05, 0) is 24.6 Å². The maximum absolute atomic E-state index is 12.2. The molecule has 0 bridgehead atoms. The lowest BCUT2D eigenvalue weighted by atomic mass is 10.1. The summed E-state index contributed by atoms with van der Waals surface area (Å²) in [6.07, 6.45) is 0.680. The summed E-state index contributed by atoms with van der Waals surface area (Å²) in [5.41, 5.74) is 5.47. The fraction of sp³-hybridized carbons (Fsp3) is 0.375. The van der Waals surface area contributed by atoms with Crippen LogP contribution in [0.1, 0.15) is 43.5 Å². The first-order chi connectivity index (χ1) is 10.8. The van der Waals surface area contributed by atoms with Gasteiger partial charge < -0.3 is 15.8 Å². The van der Waals surface area contributed by atoms with Crippen molar-refractivity contribution in [3.63, 3.8) is 0 Å². The van der Waals surface area contributed by atoms with E-state index in [2.05, 4.69) is 5.32 Å². The number of carbonyl (C=O) groups excluding carboxylic acids is 4. The van der Waals surface area contributed by atoms with Gasteiger partial charge in [-0.1, -0.05) is 13.0 Å². The third-order valence-corrected chi connectivity index (χ3v) is 3.11. The molecule has 124 valence electrons. The summed E-state index contributed by atoms with van der Waals surface area (Å²) < 4.78 is 4.90. The summed E-state index contributed by atoms with van der Waals surface area (Å²) >= 11 is 0. The number of Topliss-reactive ketones (excluding diaryl/α,β-unsaturated/α-hetero) is 1. The fourth-order valence-corrected chi connectivity index (χ4v) is 1.88. The van der Waals surface area contributed by atoms with Gasteiger partial charge >= 0.3 is 5.97 Å². The number of primary amides is 1. The van der Waals surface area contributed by atoms with Gasteiger partial charge in [0, 0.05) is 25.3 Å². The number of esters is 1. The van der Waals surface area contributed by atoms with Crippen molar-refractivity contribution < 1.29 is 23.9 Å². The molecule has 0 unspecified atom stereocenters. The highest BCUT2D eigenvalue weighted by atomic mass is 16.5. The summed E-state index contributed by atoms with van der Waals surface area (Å²) in [6.45, 7) is 2.97. The minimum atomic E-state index is -0.935. The summed E-state index contributed by atoms with van der Waals surface area (Å²) in [5, 5.41) is 2.49. The van der Waals surface area contributed by atoms with Crippen molar-refractivity contribution in [2.45, 2.75) is 39.2 Å². The van der Waals surface area contributed by atoms with Gasteiger partial charge in [0.25, 0.3) is 5.91 Å². The SMILES string of the molecule is CCC(=O)CC[C@@H](NC(=O)c1cccc(OC(C)=O)c1)C(N)=O. The van der Waals surface area contributed by atoms with Crippen LogP contribution in [0.2, 0.25) is 0 Å². The van der Waals surface area contributed by atoms with Crippen LogP contribution in [0.3, 0.4) is 0 Å². The number of rotatable bonds is 8. The maximum atomic E-state index is 12.2. The number of ketones is 1. The molecule has 0 saturated carbocycles. The van der Waals surface area contributed by atoms with Gasteiger partial charge in [0.1, 0.15) is 17.6 Å². The monoisotopic (exact) mass is 320 g/mol. The molecule has 0 fully saturated rings. The van der Waals surface area contributed by atoms with Gasteiger partial charge in [0.2, 0.25) is 5.91 Å². The van der Waals surface area contributed by atoms with E-state index in [0.717, 1.165) is 0 Å². The molecule has 0 aliphatic carbocycles. The number of ether oxygens (including phenoxy) is 1. The average molecular weight is 320 g/mol. The molecule has 7 nitrogen and oxygen atoms in total. The Bertz CT molecular complexity index is 612. The van der Waals surface area contributed by atoms with Crippen molar-refractivity contribution in [2.24, 2.45) is 5.73 Å². The third kappa shape index (κ3) is 6.29. The summed E-state index contributed by atoms with van der Waals surface area (Å²) in [7, 11) is 0. The molecule has 1 atom stereocenters. The second-order valence-electron chi connectivity index (χ2n) is 4.98. The molecule has 0 aromatic heterocycles. The minimum absolute atomic E-state index is 0.0117. The fourth-order valence-electron chi connectivity index (χ4n) is 1.88. The van der Waals surface area contributed by atoms with Gasteiger partial charge in [-0.2, -0.15) is 0 Å². The van der Waals surface area contributed by atoms with Crippen LogP contribution >= 0.6 is 0 Å². The number of hydrogen-bond donors (Lipinski definition) is 2. The van der Waals surface area contributed by atoms with E-state index in [4.69, 9.17) is 10.5 Å². The molecule has 0 aliphatic heterocycles. The molecule has 7 heteroatoms. The number of carbonyl (C=O) groups is 4. The highest BCUT2D eigenvalue weighted by Crippen LogP contribution is 2.14. The van der Waals surface area contributed by atoms with Gasteiger partial charge in [-0.3, -0.25) is 19.2 Å². The zero-order valence-electron chi connectivity index (χ0n) is 13.1. The Hall–Kier alpha value is -2.70. The Balaban J connectivity index is 2.76. The van der Waals surface area contributed by atoms with Crippen LogP contribution in [-0.4, -0.2) is 29.6 Å². The van der Waals surface area contributed by atoms with E-state index in [9.17, 15) is 19.2 Å². The molecule has 0 heterocycles. The predicted octanol–water partition coefficient (Wildman–Crippen LogP) is 0.955. The van der Waals surface area contributed by atoms with E-state index < -0.39 is 23.8 Å². The standard InChI is InChI=1S/C16H20N2O5/c1-3-12(20)7-8-14(15(17)21)18-16(22)11-5-4-6-13(9-11)23-10(2)19/h4-6,9,14H,3,7-8H2,1-2H3,(H2,17,21)(H,18,22)/t14-/m1/s1. The van der Waals surface area contributed by atoms with Crippen molar-refractivity contribution in [1.82, 2.24) is 5.32 Å². The molecule has 2 amide bonds. The Labute approximate surface area is 134 Å². The number of amides is 2. The molecular formula is C16H20N2O5. The van der Waals surface area contributed by atoms with Gasteiger partial charge in [0.05, 0.1) is 0 Å². The molecule has 0 spiro atoms. The predicted molar refractivity (Wildman–Crippen MR) is 82.7 cm³/mol. The maximum Gasteiger partial charge on any atom is 0.308 e. The lowest BCUT2D eigenvalue weighted by Gasteiger charge is -2.15. The quantitative estimate of drug-likeness (QED) is 0.546. The lowest BCUT2D eigenvalue weighted by molar-refractivity contribution is -0.132. The first-order valence-electron chi connectivity index (χ1n) is 7.23. The summed E-state index contributed by atoms with van der Waals surface area (Å²) in [5.74, 6) is -1.54. The normalized spacial score (nSPS) is 11.4. The largest absolute Gasteiger partial charge is 0.427 e. The summed E-state index contributed by atoms with van der Waals surface area (Å²) in [4.78, 5) is 45.8. The van der Waals surface area contributed by atoms with Gasteiger partial charge in [-0.25, -0.2) is 0 Å². The van der Waals surface area contributed by atoms with Crippen LogP contribution in [0.5, 0.6) is 5.75 Å². The van der Waals surface area contributed by atoms with Crippen LogP contribution in [0.4, 0.5) is 0 Å². The average Bonchev–Trinajstić information content (AvgIpc) is 2.50. The number of benzene rings is 1. The number of nitrogens with one attached hydrogen (secondary N) is 1. The minimum Gasteiger partial charge on any atom is -0.427 e. The van der Waals surface area contributed by atoms with Gasteiger partial charge in [-0.15, -0.1) is 0 Å². The van der Waals surface area contributed by atoms with Crippen molar-refractivity contribution in [1.29, 1.82) is 0 Å². The van der Waals surface area contributed by atoms with E-state index in [1.165, 1.54) is 25.1 Å². The first kappa shape index (κ1) is 18.3. The molecule has 0 saturated heterocycles. The first-order valence-corrected chi connectivity index (χ1v) is 7.23. The summed E-state index contributed by atoms with van der Waals surface area (Å²) in [6, 6.07) is 5.04. The van der Waals surface area contributed by atoms with E-state index in [0.29, 0.717) is 6.42 Å². The molecule has 1 rings (SSSR count). The zero-order chi connectivity index (χ0) is 17.4. The second-order valence-corrected chi connectivity index (χ2v) is 4.98. The molecule has 3 N–H and O–H groups in total. The van der Waals surface area contributed by atoms with Crippen molar-refractivity contribution >= 4 is 23.6 Å². The zero-order valence-corrected chi connectivity index (χ0v) is 13.1. The second kappa shape index (κ2) is 8.67. The number of nitrogens with two attached hydrogens (primary N) is 1. The highest BCUT2D eigenvalue weighted by molar-refractivity contribution is 5.97. The molecular weight excluding hydrogens is 300 g/mol. The highest BCUT2D eigenvalue weighted by Gasteiger charge is 2.20. The van der Waals surface area contributed by atoms with Gasteiger partial charge in [0.15, 0.2) is 0 Å². The van der Waals surface area contributed by atoms with E-state index in [1.807, 2.05) is 0 Å². The molecule has 1 aromatic rings. The molecule has 0 aliphatic rings. The molecule has 0 radical (unpaired) electrons. The molecule has 23 heavy (non-hydrogen) atoms. The Kier molecular flexibility index (Phi) is 6.92. The van der Waals surface area contributed by atoms with Crippen LogP contribution in [0, 0.1) is 0 Å². The lowest BCUT2D eigenvalue weighted by Crippen LogP contribution is -2.44. The van der Waals surface area contributed by atoms with E-state index in [-0.39, 0.29) is 29.9 Å². The smallest absolute Gasteiger partial charge is 0.308 e. The van der Waals surface area contributed by atoms with E-state index in [1.54, 1.807) is 13.0 Å². The Morgan fingerprint density at radius 3 is 2.52 bits per heavy atom. The van der Waals surface area contributed by atoms with Crippen molar-refractivity contribution in [3.8, 4) is 5.75 Å². The van der Waals surface area contributed by atoms with Crippen LogP contribution in [0.25, 0.3) is 0 Å². The van der Waals surface area contributed by atoms with Crippen LogP contribution < -0.4 is 15.8 Å². The van der Waals surface area contributed by atoms with Crippen molar-refractivity contribution in [2.75, 3.05) is 0 Å². The third-order valence-electron chi connectivity index (χ3n) is 3.11. The van der Waals surface area contributed by atoms with Crippen LogP contribution in [0.15, 0.2) is 24.3 Å². The number of hydrogen-bond acceptors (Lipinski definition) is 5. The van der Waals surface area contributed by atoms with Crippen molar-refractivity contribution in [3.05, 3.63) is 29.8 Å². The molecule has 1 aromatic carbocycles. The Morgan fingerprint density at radius 2 is 1.96 bits per heavy atom. The van der Waals surface area contributed by atoms with Crippen LogP contribution in [-0.2, 0) is 14.4 Å². The topological polar surface area (TPSA) is 116 Å². The van der Waals surface area contributed by atoms with E-state index >= 15 is 0 Å². The Morgan fingerprint density at radius 1 is 1.26 bits per heavy atom.